The molecule has 158 valence electrons. The van der Waals surface area contributed by atoms with Gasteiger partial charge in [-0.1, -0.05) is 48.6 Å². The van der Waals surface area contributed by atoms with Crippen molar-refractivity contribution in [2.45, 2.75) is 19.9 Å². The summed E-state index contributed by atoms with van der Waals surface area (Å²) in [5, 5.41) is 13.3. The lowest BCUT2D eigenvalue weighted by atomic mass is 10.0. The second kappa shape index (κ2) is 8.61. The van der Waals surface area contributed by atoms with Gasteiger partial charge < -0.3 is 15.2 Å². The molecule has 1 aromatic heterocycles. The molecule has 0 spiro atoms. The lowest BCUT2D eigenvalue weighted by Crippen LogP contribution is -2.24. The van der Waals surface area contributed by atoms with Gasteiger partial charge in [0, 0.05) is 17.4 Å². The number of benzene rings is 2. The molecule has 0 saturated heterocycles. The number of para-hydroxylation sites is 3. The third-order valence-electron chi connectivity index (χ3n) is 5.01. The molecule has 0 atom stereocenters. The monoisotopic (exact) mass is 435 g/mol. The number of amides is 1. The summed E-state index contributed by atoms with van der Waals surface area (Å²) < 4.78 is 6.27. The highest BCUT2D eigenvalue weighted by molar-refractivity contribution is 7.10. The molecule has 0 bridgehead atoms. The number of nitrogens with one attached hydrogen (secondary N) is 1. The lowest BCUT2D eigenvalue weighted by molar-refractivity contribution is -0.116. The number of ether oxygens (including phenoxy) is 1. The van der Waals surface area contributed by atoms with Gasteiger partial charge in [-0.2, -0.15) is 0 Å². The average Bonchev–Trinajstić information content (AvgIpc) is 3.30. The molecule has 4 rings (SSSR count). The number of thiazole rings is 1. The number of aromatic hydroxyl groups is 1. The molecule has 0 fully saturated rings. The van der Waals surface area contributed by atoms with Crippen LogP contribution in [0.4, 0.5) is 11.4 Å². The second-order valence-corrected chi connectivity index (χ2v) is 7.91. The number of hydrogen-bond acceptors (Lipinski definition) is 6. The van der Waals surface area contributed by atoms with Crippen LogP contribution in [0.25, 0.3) is 11.6 Å². The predicted molar refractivity (Wildman–Crippen MR) is 124 cm³/mol. The summed E-state index contributed by atoms with van der Waals surface area (Å²) in [6, 6.07) is 12.9. The molecule has 0 radical (unpaired) electrons. The molecule has 8 heteroatoms. The Morgan fingerprint density at radius 2 is 2.06 bits per heavy atom. The van der Waals surface area contributed by atoms with Crippen LogP contribution in [0.5, 0.6) is 11.6 Å². The summed E-state index contributed by atoms with van der Waals surface area (Å²) >= 11 is 0.883. The van der Waals surface area contributed by atoms with E-state index < -0.39 is 10.8 Å². The number of nitrogens with zero attached hydrogens (tertiary/aromatic N) is 2. The maximum atomic E-state index is 12.5. The Labute approximate surface area is 183 Å². The molecule has 31 heavy (non-hydrogen) atoms. The van der Waals surface area contributed by atoms with Crippen molar-refractivity contribution < 1.29 is 14.6 Å². The standard InChI is InChI=1S/C23H21N3O4S/c1-3-14-7-6-8-16-15(12-24-21(14)16)11-19-22(28)26(23(29)31-19)13-20(27)25-17-9-4-5-10-18(17)30-2/h4-12,28H,3,13H2,1-2H3,(H,25,27). The number of rotatable bonds is 6. The molecule has 2 N–H and O–H groups in total. The van der Waals surface area contributed by atoms with Crippen LogP contribution >= 0.6 is 11.3 Å². The fourth-order valence-corrected chi connectivity index (χ4v) is 4.29. The van der Waals surface area contributed by atoms with Crippen molar-refractivity contribution in [3.63, 3.8) is 0 Å². The van der Waals surface area contributed by atoms with Crippen LogP contribution in [0, 0.1) is 0 Å². The predicted octanol–water partition coefficient (Wildman–Crippen LogP) is 4.08. The van der Waals surface area contributed by atoms with Gasteiger partial charge in [0.2, 0.25) is 11.8 Å². The van der Waals surface area contributed by atoms with Crippen LogP contribution in [0.3, 0.4) is 0 Å². The second-order valence-electron chi connectivity index (χ2n) is 6.92. The van der Waals surface area contributed by atoms with Crippen LogP contribution in [-0.4, -0.2) is 28.9 Å². The highest BCUT2D eigenvalue weighted by Gasteiger charge is 2.19. The first kappa shape index (κ1) is 20.6. The van der Waals surface area contributed by atoms with Crippen molar-refractivity contribution in [3.8, 4) is 11.6 Å². The molecule has 1 amide bonds. The number of aryl methyl sites for hydroxylation is 1. The van der Waals surface area contributed by atoms with Gasteiger partial charge >= 0.3 is 4.87 Å². The number of hydrogen-bond donors (Lipinski definition) is 2. The smallest absolute Gasteiger partial charge is 0.311 e. The highest BCUT2D eigenvalue weighted by atomic mass is 32.1. The van der Waals surface area contributed by atoms with Crippen molar-refractivity contribution in [3.05, 3.63) is 68.1 Å². The number of fused-ring (bicyclic) bond motifs is 1. The first-order valence-electron chi connectivity index (χ1n) is 9.75. The zero-order valence-electron chi connectivity index (χ0n) is 17.1. The molecule has 2 aromatic carbocycles. The van der Waals surface area contributed by atoms with Gasteiger partial charge in [0.05, 0.1) is 23.4 Å². The summed E-state index contributed by atoms with van der Waals surface area (Å²) in [7, 11) is 1.51. The van der Waals surface area contributed by atoms with E-state index in [9.17, 15) is 14.7 Å². The van der Waals surface area contributed by atoms with Gasteiger partial charge in [0.1, 0.15) is 12.3 Å². The van der Waals surface area contributed by atoms with E-state index in [-0.39, 0.29) is 12.4 Å². The van der Waals surface area contributed by atoms with Gasteiger partial charge in [-0.3, -0.25) is 19.1 Å². The number of allylic oxidation sites excluding steroid dienone is 1. The first-order valence-corrected chi connectivity index (χ1v) is 10.6. The Kier molecular flexibility index (Phi) is 5.73. The van der Waals surface area contributed by atoms with Crippen LogP contribution in [0.1, 0.15) is 22.9 Å². The zero-order valence-corrected chi connectivity index (χ0v) is 17.9. The summed E-state index contributed by atoms with van der Waals surface area (Å²) in [5.74, 6) is -0.181. The van der Waals surface area contributed by atoms with Crippen LogP contribution in [0.2, 0.25) is 0 Å². The topological polar surface area (TPSA) is 92.9 Å². The molecule has 1 aliphatic heterocycles. The number of methoxy groups -OCH3 is 1. The first-order chi connectivity index (χ1) is 15.0. The van der Waals surface area contributed by atoms with Gasteiger partial charge in [0.25, 0.3) is 0 Å². The van der Waals surface area contributed by atoms with Crippen molar-refractivity contribution in [1.29, 1.82) is 0 Å². The van der Waals surface area contributed by atoms with Crippen LogP contribution in [0.15, 0.2) is 52.3 Å². The zero-order chi connectivity index (χ0) is 22.0. The highest BCUT2D eigenvalue weighted by Crippen LogP contribution is 2.37. The molecule has 2 heterocycles. The van der Waals surface area contributed by atoms with E-state index in [1.807, 2.05) is 18.2 Å². The molecule has 7 nitrogen and oxygen atoms in total. The maximum Gasteiger partial charge on any atom is 0.311 e. The maximum absolute atomic E-state index is 12.5. The molecule has 1 aliphatic rings. The number of carbonyl (C=O) groups excluding carboxylic acids is 1. The fourth-order valence-electron chi connectivity index (χ4n) is 3.45. The molecule has 3 aromatic rings. The van der Waals surface area contributed by atoms with Crippen molar-refractivity contribution in [1.82, 2.24) is 4.57 Å². The SMILES string of the molecule is CCc1cccc2c1N=CC2=Cc1sc(=O)n(CC(=O)Nc2ccccc2OC)c1O. The fraction of sp³-hybridized carbons (Fsp3) is 0.174. The Bertz CT molecular complexity index is 1270. The number of anilines is 1. The van der Waals surface area contributed by atoms with Gasteiger partial charge in [-0.25, -0.2) is 0 Å². The lowest BCUT2D eigenvalue weighted by Gasteiger charge is -2.10. The van der Waals surface area contributed by atoms with E-state index >= 15 is 0 Å². The van der Waals surface area contributed by atoms with Crippen LogP contribution < -0.4 is 14.9 Å². The van der Waals surface area contributed by atoms with E-state index in [1.165, 1.54) is 7.11 Å². The Balaban J connectivity index is 1.58. The number of carbonyl (C=O) groups is 1. The Morgan fingerprint density at radius 1 is 1.26 bits per heavy atom. The van der Waals surface area contributed by atoms with E-state index in [1.54, 1.807) is 36.6 Å². The third kappa shape index (κ3) is 4.02. The molecule has 0 aliphatic carbocycles. The summed E-state index contributed by atoms with van der Waals surface area (Å²) in [5.41, 5.74) is 4.32. The summed E-state index contributed by atoms with van der Waals surface area (Å²) in [4.78, 5) is 29.4. The molecule has 0 unspecified atom stereocenters. The Morgan fingerprint density at radius 3 is 2.84 bits per heavy atom. The van der Waals surface area contributed by atoms with Crippen molar-refractivity contribution >= 4 is 46.5 Å². The summed E-state index contributed by atoms with van der Waals surface area (Å²) in [6.45, 7) is 1.76. The normalized spacial score (nSPS) is 13.4. The van der Waals surface area contributed by atoms with Gasteiger partial charge in [0.15, 0.2) is 0 Å². The molecule has 0 saturated carbocycles. The van der Waals surface area contributed by atoms with Gasteiger partial charge in [-0.15, -0.1) is 0 Å². The van der Waals surface area contributed by atoms with E-state index in [0.29, 0.717) is 16.3 Å². The number of aromatic nitrogens is 1. The van der Waals surface area contributed by atoms with Crippen LogP contribution in [-0.2, 0) is 17.8 Å². The van der Waals surface area contributed by atoms with E-state index in [0.717, 1.165) is 44.7 Å². The van der Waals surface area contributed by atoms with E-state index in [2.05, 4.69) is 17.2 Å². The largest absolute Gasteiger partial charge is 0.495 e. The summed E-state index contributed by atoms with van der Waals surface area (Å²) in [6.07, 6.45) is 4.32. The van der Waals surface area contributed by atoms with Crippen molar-refractivity contribution in [2.75, 3.05) is 12.4 Å². The molecular weight excluding hydrogens is 414 g/mol. The minimum absolute atomic E-state index is 0.244. The average molecular weight is 436 g/mol. The van der Waals surface area contributed by atoms with Gasteiger partial charge in [-0.05, 0) is 30.2 Å². The molecular formula is C23H21N3O4S. The quantitative estimate of drug-likeness (QED) is 0.610. The van der Waals surface area contributed by atoms with E-state index in [4.69, 9.17) is 4.74 Å². The minimum atomic E-state index is -0.445. The van der Waals surface area contributed by atoms with Crippen molar-refractivity contribution in [2.24, 2.45) is 4.99 Å². The minimum Gasteiger partial charge on any atom is -0.495 e. The Hall–Kier alpha value is -3.65. The third-order valence-corrected chi connectivity index (χ3v) is 5.92. The number of aliphatic imine (C=N–C) groups is 1.